The van der Waals surface area contributed by atoms with E-state index in [1.807, 2.05) is 0 Å². The van der Waals surface area contributed by atoms with Gasteiger partial charge < -0.3 is 4.74 Å². The molecule has 0 fully saturated rings. The fraction of sp³-hybridized carbons (Fsp3) is 0.158. The summed E-state index contributed by atoms with van der Waals surface area (Å²) >= 11 is 0. The van der Waals surface area contributed by atoms with Crippen LogP contribution in [0.15, 0.2) is 47.3 Å². The van der Waals surface area contributed by atoms with Gasteiger partial charge in [0, 0.05) is 23.3 Å². The first-order valence-corrected chi connectivity index (χ1v) is 7.92. The molecule has 3 rings (SSSR count). The Morgan fingerprint density at radius 1 is 0.926 bits per heavy atom. The van der Waals surface area contributed by atoms with Crippen molar-refractivity contribution >= 4 is 0 Å². The van der Waals surface area contributed by atoms with Crippen molar-refractivity contribution in [3.63, 3.8) is 0 Å². The molecule has 0 radical (unpaired) electrons. The van der Waals surface area contributed by atoms with E-state index in [1.165, 1.54) is 23.6 Å². The van der Waals surface area contributed by atoms with E-state index in [1.54, 1.807) is 0 Å². The Morgan fingerprint density at radius 3 is 2.07 bits per heavy atom. The molecule has 3 aromatic rings. The lowest BCUT2D eigenvalue weighted by Gasteiger charge is -2.12. The van der Waals surface area contributed by atoms with Crippen molar-refractivity contribution in [2.75, 3.05) is 0 Å². The van der Waals surface area contributed by atoms with Gasteiger partial charge in [-0.2, -0.15) is 0 Å². The Bertz CT molecular complexity index is 1050. The maximum Gasteiger partial charge on any atom is 0.257 e. The van der Waals surface area contributed by atoms with Crippen LogP contribution in [0.2, 0.25) is 0 Å². The summed E-state index contributed by atoms with van der Waals surface area (Å²) in [6, 6.07) is 7.21. The van der Waals surface area contributed by atoms with E-state index < -0.39 is 28.8 Å². The van der Waals surface area contributed by atoms with Gasteiger partial charge in [-0.05, 0) is 25.1 Å². The van der Waals surface area contributed by atoms with E-state index >= 15 is 0 Å². The predicted molar refractivity (Wildman–Crippen MR) is 89.4 cm³/mol. The third kappa shape index (κ3) is 4.33. The van der Waals surface area contributed by atoms with Crippen LogP contribution in [0, 0.1) is 30.2 Å². The zero-order valence-electron chi connectivity index (χ0n) is 14.2. The van der Waals surface area contributed by atoms with E-state index in [-0.39, 0.29) is 36.0 Å². The number of hydrogen-bond donors (Lipinski definition) is 0. The van der Waals surface area contributed by atoms with Crippen molar-refractivity contribution < 1.29 is 22.3 Å². The Labute approximate surface area is 151 Å². The number of aryl methyl sites for hydroxylation is 1. The predicted octanol–water partition coefficient (Wildman–Crippen LogP) is 3.74. The molecule has 27 heavy (non-hydrogen) atoms. The molecule has 140 valence electrons. The molecule has 4 nitrogen and oxygen atoms in total. The second-order valence-corrected chi connectivity index (χ2v) is 5.83. The van der Waals surface area contributed by atoms with Crippen molar-refractivity contribution in [3.8, 4) is 5.88 Å². The molecular formula is C19H14F4N2O2. The monoisotopic (exact) mass is 378 g/mol. The fourth-order valence-electron chi connectivity index (χ4n) is 2.47. The molecule has 0 atom stereocenters. The van der Waals surface area contributed by atoms with Gasteiger partial charge in [-0.15, -0.1) is 0 Å². The minimum absolute atomic E-state index is 0.0444. The third-order valence-corrected chi connectivity index (χ3v) is 3.91. The number of aromatic nitrogens is 2. The van der Waals surface area contributed by atoms with Crippen molar-refractivity contribution in [1.82, 2.24) is 9.55 Å². The molecule has 1 aromatic heterocycles. The van der Waals surface area contributed by atoms with Gasteiger partial charge in [0.1, 0.15) is 35.7 Å². The third-order valence-electron chi connectivity index (χ3n) is 3.91. The largest absolute Gasteiger partial charge is 0.472 e. The van der Waals surface area contributed by atoms with Crippen LogP contribution in [0.3, 0.4) is 0 Å². The summed E-state index contributed by atoms with van der Waals surface area (Å²) in [4.78, 5) is 16.4. The van der Waals surface area contributed by atoms with E-state index in [0.29, 0.717) is 0 Å². The van der Waals surface area contributed by atoms with Gasteiger partial charge in [-0.1, -0.05) is 6.07 Å². The average molecular weight is 378 g/mol. The Hall–Kier alpha value is -3.16. The van der Waals surface area contributed by atoms with Gasteiger partial charge in [0.2, 0.25) is 5.88 Å². The first kappa shape index (κ1) is 18.6. The van der Waals surface area contributed by atoms with Gasteiger partial charge in [-0.25, -0.2) is 22.5 Å². The highest BCUT2D eigenvalue weighted by atomic mass is 19.1. The quantitative estimate of drug-likeness (QED) is 0.636. The highest BCUT2D eigenvalue weighted by Gasteiger charge is 2.11. The van der Waals surface area contributed by atoms with Crippen molar-refractivity contribution in [2.24, 2.45) is 0 Å². The van der Waals surface area contributed by atoms with Crippen LogP contribution in [0.1, 0.15) is 17.0 Å². The minimum Gasteiger partial charge on any atom is -0.472 e. The van der Waals surface area contributed by atoms with Crippen molar-refractivity contribution in [1.29, 1.82) is 0 Å². The molecule has 8 heteroatoms. The lowest BCUT2D eigenvalue weighted by molar-refractivity contribution is 0.284. The Kier molecular flexibility index (Phi) is 5.25. The van der Waals surface area contributed by atoms with Crippen molar-refractivity contribution in [3.05, 3.63) is 93.0 Å². The molecule has 0 spiro atoms. The first-order chi connectivity index (χ1) is 12.8. The van der Waals surface area contributed by atoms with E-state index in [4.69, 9.17) is 4.74 Å². The van der Waals surface area contributed by atoms with Crippen LogP contribution in [-0.4, -0.2) is 9.55 Å². The zero-order valence-corrected chi connectivity index (χ0v) is 14.2. The normalized spacial score (nSPS) is 10.9. The van der Waals surface area contributed by atoms with Gasteiger partial charge in [0.05, 0.1) is 12.6 Å². The molecule has 1 heterocycles. The van der Waals surface area contributed by atoms with Crippen molar-refractivity contribution in [2.45, 2.75) is 20.1 Å². The number of rotatable bonds is 5. The van der Waals surface area contributed by atoms with E-state index in [0.717, 1.165) is 30.3 Å². The summed E-state index contributed by atoms with van der Waals surface area (Å²) in [5.41, 5.74) is -0.278. The average Bonchev–Trinajstić information content (AvgIpc) is 2.59. The molecule has 2 aromatic carbocycles. The lowest BCUT2D eigenvalue weighted by Crippen LogP contribution is -2.24. The second-order valence-electron chi connectivity index (χ2n) is 5.83. The molecule has 0 aliphatic rings. The summed E-state index contributed by atoms with van der Waals surface area (Å²) in [7, 11) is 0. The molecule has 0 aliphatic heterocycles. The maximum absolute atomic E-state index is 13.8. The number of nitrogens with zero attached hydrogens (tertiary/aromatic N) is 2. The number of ether oxygens (including phenoxy) is 1. The molecule has 0 amide bonds. The standard InChI is InChI=1S/C19H14F4N2O2/c1-11-24-18(27-10-13-3-5-15(21)7-17(13)23)8-19(26)25(11)9-12-2-4-14(20)6-16(12)22/h2-8H,9-10H2,1H3. The number of benzene rings is 2. The summed E-state index contributed by atoms with van der Waals surface area (Å²) < 4.78 is 59.8. The number of halogens is 4. The minimum atomic E-state index is -0.771. The summed E-state index contributed by atoms with van der Waals surface area (Å²) in [5.74, 6) is -2.77. The first-order valence-electron chi connectivity index (χ1n) is 7.92. The highest BCUT2D eigenvalue weighted by molar-refractivity contribution is 5.21. The fourth-order valence-corrected chi connectivity index (χ4v) is 2.47. The molecule has 0 saturated heterocycles. The van der Waals surface area contributed by atoms with E-state index in [2.05, 4.69) is 4.98 Å². The van der Waals surface area contributed by atoms with Gasteiger partial charge >= 0.3 is 0 Å². The molecule has 0 aliphatic carbocycles. The lowest BCUT2D eigenvalue weighted by atomic mass is 10.2. The van der Waals surface area contributed by atoms with Gasteiger partial charge in [0.25, 0.3) is 5.56 Å². The van der Waals surface area contributed by atoms with Crippen LogP contribution in [-0.2, 0) is 13.2 Å². The second kappa shape index (κ2) is 7.61. The molecule has 0 N–H and O–H groups in total. The van der Waals surface area contributed by atoms with Crippen LogP contribution in [0.4, 0.5) is 17.6 Å². The van der Waals surface area contributed by atoms with E-state index in [9.17, 15) is 22.4 Å². The Morgan fingerprint density at radius 2 is 1.52 bits per heavy atom. The zero-order chi connectivity index (χ0) is 19.6. The molecule has 0 saturated carbocycles. The summed E-state index contributed by atoms with van der Waals surface area (Å²) in [6.07, 6.45) is 0. The maximum atomic E-state index is 13.8. The smallest absolute Gasteiger partial charge is 0.257 e. The van der Waals surface area contributed by atoms with Crippen LogP contribution in [0.5, 0.6) is 5.88 Å². The van der Waals surface area contributed by atoms with Crippen LogP contribution in [0.25, 0.3) is 0 Å². The van der Waals surface area contributed by atoms with Gasteiger partial charge in [0.15, 0.2) is 0 Å². The Balaban J connectivity index is 1.79. The van der Waals surface area contributed by atoms with Gasteiger partial charge in [-0.3, -0.25) is 9.36 Å². The summed E-state index contributed by atoms with van der Waals surface area (Å²) in [6.45, 7) is 1.15. The SMILES string of the molecule is Cc1nc(OCc2ccc(F)cc2F)cc(=O)n1Cc1ccc(F)cc1F. The summed E-state index contributed by atoms with van der Waals surface area (Å²) in [5, 5.41) is 0. The topological polar surface area (TPSA) is 44.1 Å². The van der Waals surface area contributed by atoms with Crippen LogP contribution < -0.4 is 10.3 Å². The number of hydrogen-bond acceptors (Lipinski definition) is 3. The molecular weight excluding hydrogens is 364 g/mol. The van der Waals surface area contributed by atoms with Crippen LogP contribution >= 0.6 is 0 Å². The molecule has 0 unspecified atom stereocenters. The molecule has 0 bridgehead atoms. The highest BCUT2D eigenvalue weighted by Crippen LogP contribution is 2.15.